The van der Waals surface area contributed by atoms with Gasteiger partial charge in [0.05, 0.1) is 11.9 Å². The molecule has 0 aromatic carbocycles. The molecule has 1 fully saturated rings. The van der Waals surface area contributed by atoms with Crippen molar-refractivity contribution in [2.45, 2.75) is 12.2 Å². The van der Waals surface area contributed by atoms with E-state index >= 15 is 0 Å². The first kappa shape index (κ1) is 12.8. The molecular weight excluding hydrogens is 236 g/mol. The van der Waals surface area contributed by atoms with Gasteiger partial charge < -0.3 is 19.5 Å². The van der Waals surface area contributed by atoms with Crippen molar-refractivity contribution in [3.8, 4) is 0 Å². The second-order valence-corrected chi connectivity index (χ2v) is 4.16. The average Bonchev–Trinajstić information content (AvgIpc) is 2.82. The minimum absolute atomic E-state index is 0.0224. The average molecular weight is 252 g/mol. The summed E-state index contributed by atoms with van der Waals surface area (Å²) in [5.74, 6) is -1.02. The minimum Gasteiger partial charge on any atom is -0.477 e. The molecule has 1 aromatic heterocycles. The zero-order valence-electron chi connectivity index (χ0n) is 10.4. The van der Waals surface area contributed by atoms with E-state index in [1.807, 2.05) is 0 Å². The molecule has 1 N–H and O–H groups in total. The van der Waals surface area contributed by atoms with Crippen LogP contribution in [0.2, 0.25) is 0 Å². The molecule has 2 atom stereocenters. The quantitative estimate of drug-likeness (QED) is 0.847. The van der Waals surface area contributed by atoms with E-state index in [4.69, 9.17) is 14.6 Å². The second kappa shape index (κ2) is 5.32. The van der Waals surface area contributed by atoms with Crippen LogP contribution in [0.1, 0.15) is 10.5 Å². The first-order valence-electron chi connectivity index (χ1n) is 5.65. The van der Waals surface area contributed by atoms with E-state index in [0.29, 0.717) is 13.1 Å². The number of methoxy groups -OCH3 is 2. The molecule has 18 heavy (non-hydrogen) atoms. The Morgan fingerprint density at radius 1 is 1.33 bits per heavy atom. The highest BCUT2D eigenvalue weighted by molar-refractivity contribution is 5.85. The van der Waals surface area contributed by atoms with Gasteiger partial charge in [-0.2, -0.15) is 0 Å². The highest BCUT2D eigenvalue weighted by atomic mass is 16.5. The van der Waals surface area contributed by atoms with Crippen molar-refractivity contribution in [3.63, 3.8) is 0 Å². The first-order valence-corrected chi connectivity index (χ1v) is 5.65. The van der Waals surface area contributed by atoms with Gasteiger partial charge in [0.15, 0.2) is 0 Å². The largest absolute Gasteiger partial charge is 0.477 e. The minimum atomic E-state index is -1.02. The zero-order chi connectivity index (χ0) is 13.1. The van der Waals surface area contributed by atoms with Gasteiger partial charge in [-0.05, 0) is 12.1 Å². The SMILES string of the molecule is COC1CN(c2ccc(C(=O)O)nc2)CC1OC. The fourth-order valence-corrected chi connectivity index (χ4v) is 2.11. The molecule has 0 saturated carbocycles. The smallest absolute Gasteiger partial charge is 0.354 e. The van der Waals surface area contributed by atoms with Crippen molar-refractivity contribution in [1.29, 1.82) is 0 Å². The third kappa shape index (κ3) is 2.44. The van der Waals surface area contributed by atoms with Crippen LogP contribution in [-0.2, 0) is 9.47 Å². The zero-order valence-corrected chi connectivity index (χ0v) is 10.4. The lowest BCUT2D eigenvalue weighted by atomic mass is 10.3. The van der Waals surface area contributed by atoms with Crippen LogP contribution in [0.3, 0.4) is 0 Å². The Bertz CT molecular complexity index is 409. The van der Waals surface area contributed by atoms with Crippen LogP contribution >= 0.6 is 0 Å². The number of aromatic nitrogens is 1. The fourth-order valence-electron chi connectivity index (χ4n) is 2.11. The number of aromatic carboxylic acids is 1. The Balaban J connectivity index is 2.11. The lowest BCUT2D eigenvalue weighted by Gasteiger charge is -2.17. The summed E-state index contributed by atoms with van der Waals surface area (Å²) in [6.45, 7) is 1.42. The highest BCUT2D eigenvalue weighted by Crippen LogP contribution is 2.22. The van der Waals surface area contributed by atoms with Gasteiger partial charge in [-0.15, -0.1) is 0 Å². The van der Waals surface area contributed by atoms with Gasteiger partial charge >= 0.3 is 5.97 Å². The molecule has 1 aliphatic heterocycles. The Hall–Kier alpha value is -1.66. The molecule has 1 aliphatic rings. The van der Waals surface area contributed by atoms with E-state index in [2.05, 4.69) is 9.88 Å². The summed E-state index contributed by atoms with van der Waals surface area (Å²) in [5, 5.41) is 8.79. The summed E-state index contributed by atoms with van der Waals surface area (Å²) in [4.78, 5) is 16.7. The number of carboxylic acids is 1. The Kier molecular flexibility index (Phi) is 3.78. The van der Waals surface area contributed by atoms with Gasteiger partial charge in [-0.25, -0.2) is 9.78 Å². The number of nitrogens with zero attached hydrogens (tertiary/aromatic N) is 2. The van der Waals surface area contributed by atoms with Crippen molar-refractivity contribution >= 4 is 11.7 Å². The summed E-state index contributed by atoms with van der Waals surface area (Å²) in [6, 6.07) is 3.25. The summed E-state index contributed by atoms with van der Waals surface area (Å²) in [5.41, 5.74) is 0.922. The lowest BCUT2D eigenvalue weighted by Crippen LogP contribution is -2.27. The Labute approximate surface area is 105 Å². The maximum absolute atomic E-state index is 10.7. The monoisotopic (exact) mass is 252 g/mol. The third-order valence-corrected chi connectivity index (χ3v) is 3.15. The van der Waals surface area contributed by atoms with E-state index in [0.717, 1.165) is 5.69 Å². The van der Waals surface area contributed by atoms with Gasteiger partial charge in [0.1, 0.15) is 17.9 Å². The van der Waals surface area contributed by atoms with Crippen molar-refractivity contribution in [2.24, 2.45) is 0 Å². The number of pyridine rings is 1. The molecule has 0 amide bonds. The normalized spacial score (nSPS) is 23.3. The van der Waals surface area contributed by atoms with Gasteiger partial charge in [0.2, 0.25) is 0 Å². The van der Waals surface area contributed by atoms with Crippen molar-refractivity contribution in [3.05, 3.63) is 24.0 Å². The second-order valence-electron chi connectivity index (χ2n) is 4.16. The van der Waals surface area contributed by atoms with Crippen LogP contribution < -0.4 is 4.90 Å². The van der Waals surface area contributed by atoms with Crippen molar-refractivity contribution in [2.75, 3.05) is 32.2 Å². The maximum Gasteiger partial charge on any atom is 0.354 e. The number of anilines is 1. The summed E-state index contributed by atoms with van der Waals surface area (Å²) in [6.07, 6.45) is 1.61. The van der Waals surface area contributed by atoms with Gasteiger partial charge in [0.25, 0.3) is 0 Å². The van der Waals surface area contributed by atoms with Crippen LogP contribution in [0.5, 0.6) is 0 Å². The predicted octanol–water partition coefficient (Wildman–Crippen LogP) is 0.630. The number of rotatable bonds is 4. The van der Waals surface area contributed by atoms with E-state index in [1.54, 1.807) is 26.5 Å². The van der Waals surface area contributed by atoms with Crippen LogP contribution in [0.15, 0.2) is 18.3 Å². The molecule has 0 spiro atoms. The highest BCUT2D eigenvalue weighted by Gasteiger charge is 2.33. The number of hydrogen-bond donors (Lipinski definition) is 1. The van der Waals surface area contributed by atoms with Crippen molar-refractivity contribution in [1.82, 2.24) is 4.98 Å². The molecular formula is C12H16N2O4. The van der Waals surface area contributed by atoms with E-state index < -0.39 is 5.97 Å². The number of carbonyl (C=O) groups is 1. The van der Waals surface area contributed by atoms with Crippen LogP contribution in [-0.4, -0.2) is 55.6 Å². The number of ether oxygens (including phenoxy) is 2. The number of carboxylic acid groups (broad SMARTS) is 1. The molecule has 2 unspecified atom stereocenters. The van der Waals surface area contributed by atoms with E-state index in [1.165, 1.54) is 6.07 Å². The Morgan fingerprint density at radius 3 is 2.33 bits per heavy atom. The van der Waals surface area contributed by atoms with Gasteiger partial charge in [-0.3, -0.25) is 0 Å². The first-order chi connectivity index (χ1) is 8.65. The molecule has 1 aromatic rings. The molecule has 2 rings (SSSR count). The topological polar surface area (TPSA) is 71.9 Å². The van der Waals surface area contributed by atoms with Gasteiger partial charge in [-0.1, -0.05) is 0 Å². The Morgan fingerprint density at radius 2 is 1.94 bits per heavy atom. The summed E-state index contributed by atoms with van der Waals surface area (Å²) >= 11 is 0. The molecule has 0 radical (unpaired) electrons. The molecule has 0 bridgehead atoms. The van der Waals surface area contributed by atoms with Crippen LogP contribution in [0, 0.1) is 0 Å². The van der Waals surface area contributed by atoms with E-state index in [-0.39, 0.29) is 17.9 Å². The van der Waals surface area contributed by atoms with E-state index in [9.17, 15) is 4.79 Å². The molecule has 0 aliphatic carbocycles. The summed E-state index contributed by atoms with van der Waals surface area (Å²) < 4.78 is 10.7. The van der Waals surface area contributed by atoms with Crippen LogP contribution in [0.4, 0.5) is 5.69 Å². The standard InChI is InChI=1S/C12H16N2O4/c1-17-10-6-14(7-11(10)18-2)8-3-4-9(12(15)16)13-5-8/h3-5,10-11H,6-7H2,1-2H3,(H,15,16). The molecule has 6 nitrogen and oxygen atoms in total. The van der Waals surface area contributed by atoms with Crippen LogP contribution in [0.25, 0.3) is 0 Å². The fraction of sp³-hybridized carbons (Fsp3) is 0.500. The van der Waals surface area contributed by atoms with Gasteiger partial charge in [0, 0.05) is 27.3 Å². The molecule has 2 heterocycles. The summed E-state index contributed by atoms with van der Waals surface area (Å²) in [7, 11) is 3.32. The lowest BCUT2D eigenvalue weighted by molar-refractivity contribution is -0.00461. The molecule has 1 saturated heterocycles. The number of hydrogen-bond acceptors (Lipinski definition) is 5. The van der Waals surface area contributed by atoms with Crippen molar-refractivity contribution < 1.29 is 19.4 Å². The molecule has 98 valence electrons. The predicted molar refractivity (Wildman–Crippen MR) is 65.0 cm³/mol. The third-order valence-electron chi connectivity index (χ3n) is 3.15. The molecule has 6 heteroatoms. The maximum atomic E-state index is 10.7.